The molecule has 1 amide bonds. The number of hydrogen-bond donors (Lipinski definition) is 2. The Kier molecular flexibility index (Phi) is 14.2. The molecule has 11 heavy (non-hydrogen) atoms. The third-order valence-corrected chi connectivity index (χ3v) is 1.67. The lowest BCUT2D eigenvalue weighted by Crippen LogP contribution is -2.06. The molecule has 0 spiro atoms. The molecule has 0 rings (SSSR count). The van der Waals surface area contributed by atoms with Crippen LogP contribution in [0, 0.1) is 0 Å². The lowest BCUT2D eigenvalue weighted by Gasteiger charge is -1.98. The van der Waals surface area contributed by atoms with Crippen LogP contribution >= 0.6 is 45.7 Å². The van der Waals surface area contributed by atoms with E-state index in [9.17, 15) is 4.79 Å². The minimum Gasteiger partial charge on any atom is -0.394 e. The van der Waals surface area contributed by atoms with E-state index in [2.05, 4.69) is 0 Å². The molecule has 0 atom stereocenters. The topological polar surface area (TPSA) is 60.8 Å². The Bertz CT molecular complexity index is 97.7. The van der Waals surface area contributed by atoms with E-state index < -0.39 is 0 Å². The molecular formula is C5H11I2NO3. The molecule has 0 unspecified atom stereocenters. The van der Waals surface area contributed by atoms with Gasteiger partial charge in [0.05, 0.1) is 58.9 Å². The van der Waals surface area contributed by atoms with Crippen molar-refractivity contribution >= 4 is 51.6 Å². The summed E-state index contributed by atoms with van der Waals surface area (Å²) in [7, 11) is 0. The minimum atomic E-state index is -0.125. The maximum Gasteiger partial charge on any atom is 0.239 e. The molecule has 0 aromatic carbocycles. The highest BCUT2D eigenvalue weighted by molar-refractivity contribution is 14.2. The molecular weight excluding hydrogens is 376 g/mol. The number of aliphatic hydroxyl groups is 2. The monoisotopic (exact) mass is 387 g/mol. The molecule has 0 bridgehead atoms. The van der Waals surface area contributed by atoms with E-state index in [0.717, 1.165) is 0 Å². The van der Waals surface area contributed by atoms with Gasteiger partial charge in [-0.15, -0.1) is 0 Å². The van der Waals surface area contributed by atoms with Crippen molar-refractivity contribution in [3.8, 4) is 0 Å². The average Bonchev–Trinajstić information content (AvgIpc) is 2.03. The van der Waals surface area contributed by atoms with Crippen LogP contribution in [-0.4, -0.2) is 30.7 Å². The molecule has 6 heteroatoms. The third-order valence-electron chi connectivity index (χ3n) is 0.591. The van der Waals surface area contributed by atoms with E-state index in [1.807, 2.05) is 52.7 Å². The SMILES string of the molecule is CCC(=O)N(I)I.OCCO. The van der Waals surface area contributed by atoms with Crippen LogP contribution in [0.2, 0.25) is 0 Å². The van der Waals surface area contributed by atoms with Crippen molar-refractivity contribution in [1.82, 2.24) is 1.33 Å². The van der Waals surface area contributed by atoms with Crippen molar-refractivity contribution in [3.05, 3.63) is 0 Å². The van der Waals surface area contributed by atoms with Gasteiger partial charge >= 0.3 is 0 Å². The van der Waals surface area contributed by atoms with Gasteiger partial charge in [0.15, 0.2) is 0 Å². The predicted octanol–water partition coefficient (Wildman–Crippen LogP) is 0.896. The van der Waals surface area contributed by atoms with Gasteiger partial charge in [0.2, 0.25) is 5.91 Å². The first-order valence-corrected chi connectivity index (χ1v) is 4.89. The van der Waals surface area contributed by atoms with Crippen LogP contribution in [0.3, 0.4) is 0 Å². The molecule has 0 radical (unpaired) electrons. The van der Waals surface area contributed by atoms with Gasteiger partial charge < -0.3 is 10.2 Å². The Labute approximate surface area is 94.0 Å². The van der Waals surface area contributed by atoms with Crippen molar-refractivity contribution in [1.29, 1.82) is 0 Å². The Morgan fingerprint density at radius 1 is 1.36 bits per heavy atom. The number of amides is 1. The summed E-state index contributed by atoms with van der Waals surface area (Å²) in [5.74, 6) is 0.154. The Morgan fingerprint density at radius 2 is 1.73 bits per heavy atom. The van der Waals surface area contributed by atoms with E-state index in [1.54, 1.807) is 0 Å². The summed E-state index contributed by atoms with van der Waals surface area (Å²) in [6.07, 6.45) is 0.589. The summed E-state index contributed by atoms with van der Waals surface area (Å²) >= 11 is 3.88. The Morgan fingerprint density at radius 3 is 1.73 bits per heavy atom. The quantitative estimate of drug-likeness (QED) is 0.547. The molecule has 0 aliphatic carbocycles. The fraction of sp³-hybridized carbons (Fsp3) is 0.800. The van der Waals surface area contributed by atoms with E-state index in [-0.39, 0.29) is 19.1 Å². The standard InChI is InChI=1S/C3H5I2NO.C2H6O2/c1-2-3(7)6(4)5;3-1-2-4/h2H2,1H3;3-4H,1-2H2. The van der Waals surface area contributed by atoms with Crippen LogP contribution in [-0.2, 0) is 4.79 Å². The highest BCUT2D eigenvalue weighted by atomic mass is 127. The number of carbonyl (C=O) groups excluding carboxylic acids is 1. The lowest BCUT2D eigenvalue weighted by molar-refractivity contribution is -0.121. The molecule has 0 aliphatic heterocycles. The summed E-state index contributed by atoms with van der Waals surface area (Å²) in [6, 6.07) is 0. The second-order valence-electron chi connectivity index (χ2n) is 1.43. The van der Waals surface area contributed by atoms with Gasteiger partial charge in [-0.25, -0.2) is 1.33 Å². The second kappa shape index (κ2) is 10.8. The van der Waals surface area contributed by atoms with Gasteiger partial charge in [-0.3, -0.25) is 4.79 Å². The molecule has 0 heterocycles. The van der Waals surface area contributed by atoms with E-state index >= 15 is 0 Å². The maximum absolute atomic E-state index is 10.4. The van der Waals surface area contributed by atoms with E-state index in [0.29, 0.717) is 6.42 Å². The molecule has 68 valence electrons. The highest BCUT2D eigenvalue weighted by Crippen LogP contribution is 2.08. The number of carbonyl (C=O) groups is 1. The van der Waals surface area contributed by atoms with Gasteiger partial charge in [-0.2, -0.15) is 0 Å². The number of halogens is 2. The van der Waals surface area contributed by atoms with Crippen LogP contribution in [0.1, 0.15) is 13.3 Å². The summed E-state index contributed by atoms with van der Waals surface area (Å²) < 4.78 is 1.52. The molecule has 0 aliphatic rings. The van der Waals surface area contributed by atoms with Crippen molar-refractivity contribution in [3.63, 3.8) is 0 Å². The normalized spacial score (nSPS) is 8.09. The fourth-order valence-corrected chi connectivity index (χ4v) is 0.802. The van der Waals surface area contributed by atoms with Gasteiger partial charge in [0.25, 0.3) is 0 Å². The van der Waals surface area contributed by atoms with Crippen LogP contribution in [0.15, 0.2) is 0 Å². The van der Waals surface area contributed by atoms with Crippen LogP contribution in [0.4, 0.5) is 0 Å². The number of aliphatic hydroxyl groups excluding tert-OH is 2. The summed E-state index contributed by atoms with van der Waals surface area (Å²) in [5, 5.41) is 15.2. The molecule has 0 aromatic rings. The van der Waals surface area contributed by atoms with Gasteiger partial charge in [-0.1, -0.05) is 6.92 Å². The Balaban J connectivity index is 0. The van der Waals surface area contributed by atoms with Crippen molar-refractivity contribution in [2.45, 2.75) is 13.3 Å². The smallest absolute Gasteiger partial charge is 0.239 e. The van der Waals surface area contributed by atoms with Crippen molar-refractivity contribution in [2.24, 2.45) is 0 Å². The maximum atomic E-state index is 10.4. The van der Waals surface area contributed by atoms with Crippen LogP contribution in [0.25, 0.3) is 0 Å². The van der Waals surface area contributed by atoms with Crippen molar-refractivity contribution in [2.75, 3.05) is 13.2 Å². The molecule has 2 N–H and O–H groups in total. The largest absolute Gasteiger partial charge is 0.394 e. The second-order valence-corrected chi connectivity index (χ2v) is 5.20. The summed E-state index contributed by atoms with van der Waals surface area (Å²) in [6.45, 7) is 1.59. The van der Waals surface area contributed by atoms with Gasteiger partial charge in [-0.05, 0) is 0 Å². The molecule has 0 saturated heterocycles. The van der Waals surface area contributed by atoms with Crippen LogP contribution < -0.4 is 0 Å². The Hall–Kier alpha value is 0.850. The molecule has 0 saturated carbocycles. The first-order chi connectivity index (χ1) is 5.09. The van der Waals surface area contributed by atoms with Crippen molar-refractivity contribution < 1.29 is 15.0 Å². The van der Waals surface area contributed by atoms with Crippen LogP contribution in [0.5, 0.6) is 0 Å². The molecule has 0 fully saturated rings. The van der Waals surface area contributed by atoms with Gasteiger partial charge in [0.1, 0.15) is 0 Å². The minimum absolute atomic E-state index is 0.125. The zero-order valence-corrected chi connectivity index (χ0v) is 10.4. The lowest BCUT2D eigenvalue weighted by atomic mass is 10.5. The summed E-state index contributed by atoms with van der Waals surface area (Å²) in [5.41, 5.74) is 0. The number of nitrogens with zero attached hydrogens (tertiary/aromatic N) is 1. The first kappa shape index (κ1) is 14.4. The average molecular weight is 387 g/mol. The molecule has 4 nitrogen and oxygen atoms in total. The summed E-state index contributed by atoms with van der Waals surface area (Å²) in [4.78, 5) is 10.4. The first-order valence-electron chi connectivity index (χ1n) is 2.96. The zero-order valence-electron chi connectivity index (χ0n) is 6.13. The highest BCUT2D eigenvalue weighted by Gasteiger charge is 1.99. The third kappa shape index (κ3) is 13.8. The predicted molar refractivity (Wildman–Crippen MR) is 59.3 cm³/mol. The zero-order chi connectivity index (χ0) is 9.28. The molecule has 0 aromatic heterocycles. The van der Waals surface area contributed by atoms with Gasteiger partial charge in [0, 0.05) is 6.42 Å². The number of hydrogen-bond acceptors (Lipinski definition) is 3. The van der Waals surface area contributed by atoms with E-state index in [4.69, 9.17) is 10.2 Å². The number of rotatable bonds is 2. The van der Waals surface area contributed by atoms with E-state index in [1.165, 1.54) is 1.33 Å². The fourth-order valence-electron chi connectivity index (χ4n) is 0.120.